The van der Waals surface area contributed by atoms with Gasteiger partial charge in [-0.1, -0.05) is 26.7 Å². The monoisotopic (exact) mass is 237 g/mol. The summed E-state index contributed by atoms with van der Waals surface area (Å²) in [7, 11) is 0. The summed E-state index contributed by atoms with van der Waals surface area (Å²) in [6.07, 6.45) is 5.54. The molecule has 0 aromatic heterocycles. The van der Waals surface area contributed by atoms with Gasteiger partial charge in [-0.15, -0.1) is 0 Å². The van der Waals surface area contributed by atoms with E-state index in [-0.39, 0.29) is 5.41 Å². The van der Waals surface area contributed by atoms with Crippen molar-refractivity contribution in [1.82, 2.24) is 0 Å². The number of ether oxygens (including phenoxy) is 1. The van der Waals surface area contributed by atoms with Crippen molar-refractivity contribution >= 4 is 0 Å². The van der Waals surface area contributed by atoms with Gasteiger partial charge in [-0.25, -0.2) is 0 Å². The Labute approximate surface area is 104 Å². The molecule has 0 amide bonds. The Balaban J connectivity index is 2.37. The van der Waals surface area contributed by atoms with E-state index in [0.717, 1.165) is 45.1 Å². The van der Waals surface area contributed by atoms with Crippen LogP contribution < -0.4 is 0 Å². The standard InChI is InChI=1S/C14H23NO2/c1-12(2)6-3-4-8-14(12,16)13(10-15)7-5-9-17-11-13/h16H,3-9,11H2,1-2H3. The average molecular weight is 237 g/mol. The number of nitrogens with zero attached hydrogens (tertiary/aromatic N) is 1. The second kappa shape index (κ2) is 4.26. The van der Waals surface area contributed by atoms with Gasteiger partial charge in [-0.05, 0) is 31.1 Å². The zero-order chi connectivity index (χ0) is 12.6. The SMILES string of the molecule is CC1(C)CCCCC1(O)C1(C#N)CCCOC1. The number of aliphatic hydroxyl groups is 1. The fraction of sp³-hybridized carbons (Fsp3) is 0.929. The lowest BCUT2D eigenvalue weighted by molar-refractivity contribution is -0.195. The molecule has 1 aliphatic carbocycles. The normalized spacial score (nSPS) is 41.8. The zero-order valence-electron chi connectivity index (χ0n) is 11.0. The second-order valence-corrected chi connectivity index (χ2v) is 6.30. The van der Waals surface area contributed by atoms with Crippen molar-refractivity contribution in [3.05, 3.63) is 0 Å². The highest BCUT2D eigenvalue weighted by Gasteiger charge is 2.60. The van der Waals surface area contributed by atoms with E-state index < -0.39 is 11.0 Å². The minimum atomic E-state index is -0.895. The first-order chi connectivity index (χ1) is 7.97. The molecule has 17 heavy (non-hydrogen) atoms. The predicted molar refractivity (Wildman–Crippen MR) is 65.3 cm³/mol. The molecule has 2 unspecified atom stereocenters. The van der Waals surface area contributed by atoms with Crippen LogP contribution in [-0.2, 0) is 4.74 Å². The van der Waals surface area contributed by atoms with E-state index in [2.05, 4.69) is 19.9 Å². The van der Waals surface area contributed by atoms with Crippen LogP contribution in [0.2, 0.25) is 0 Å². The van der Waals surface area contributed by atoms with Gasteiger partial charge in [-0.3, -0.25) is 0 Å². The molecule has 1 aliphatic heterocycles. The molecule has 1 saturated heterocycles. The van der Waals surface area contributed by atoms with Crippen LogP contribution in [-0.4, -0.2) is 23.9 Å². The Bertz CT molecular complexity index is 326. The predicted octanol–water partition coefficient (Wildman–Crippen LogP) is 2.64. The van der Waals surface area contributed by atoms with Gasteiger partial charge in [0.15, 0.2) is 0 Å². The van der Waals surface area contributed by atoms with E-state index in [1.807, 2.05) is 0 Å². The molecule has 1 N–H and O–H groups in total. The van der Waals surface area contributed by atoms with Crippen molar-refractivity contribution in [2.24, 2.45) is 10.8 Å². The van der Waals surface area contributed by atoms with Gasteiger partial charge >= 0.3 is 0 Å². The Morgan fingerprint density at radius 2 is 1.82 bits per heavy atom. The molecule has 2 atom stereocenters. The number of hydrogen-bond donors (Lipinski definition) is 1. The first-order valence-corrected chi connectivity index (χ1v) is 6.69. The van der Waals surface area contributed by atoms with Gasteiger partial charge in [0, 0.05) is 6.61 Å². The summed E-state index contributed by atoms with van der Waals surface area (Å²) in [5, 5.41) is 20.8. The largest absolute Gasteiger partial charge is 0.388 e. The Morgan fingerprint density at radius 3 is 2.35 bits per heavy atom. The molecule has 1 heterocycles. The minimum Gasteiger partial charge on any atom is -0.388 e. The molecule has 0 aromatic carbocycles. The third-order valence-corrected chi connectivity index (χ3v) is 4.96. The van der Waals surface area contributed by atoms with Crippen molar-refractivity contribution < 1.29 is 9.84 Å². The fourth-order valence-electron chi connectivity index (χ4n) is 3.68. The number of rotatable bonds is 1. The lowest BCUT2D eigenvalue weighted by Gasteiger charge is -2.55. The summed E-state index contributed by atoms with van der Waals surface area (Å²) in [6, 6.07) is 2.41. The van der Waals surface area contributed by atoms with Gasteiger partial charge in [0.05, 0.1) is 18.3 Å². The van der Waals surface area contributed by atoms with Crippen molar-refractivity contribution in [2.75, 3.05) is 13.2 Å². The molecule has 1 saturated carbocycles. The maximum absolute atomic E-state index is 11.2. The van der Waals surface area contributed by atoms with Crippen molar-refractivity contribution in [3.63, 3.8) is 0 Å². The first-order valence-electron chi connectivity index (χ1n) is 6.69. The van der Waals surface area contributed by atoms with E-state index in [4.69, 9.17) is 4.74 Å². The van der Waals surface area contributed by atoms with E-state index in [9.17, 15) is 10.4 Å². The number of nitriles is 1. The molecule has 0 bridgehead atoms. The van der Waals surface area contributed by atoms with Crippen molar-refractivity contribution in [3.8, 4) is 6.07 Å². The minimum absolute atomic E-state index is 0.193. The quantitative estimate of drug-likeness (QED) is 0.762. The van der Waals surface area contributed by atoms with Gasteiger partial charge in [0.2, 0.25) is 0 Å². The molecular weight excluding hydrogens is 214 g/mol. The molecule has 96 valence electrons. The summed E-state index contributed by atoms with van der Waals surface area (Å²) in [5.74, 6) is 0. The second-order valence-electron chi connectivity index (χ2n) is 6.30. The van der Waals surface area contributed by atoms with Crippen LogP contribution in [0.15, 0.2) is 0 Å². The van der Waals surface area contributed by atoms with Crippen molar-refractivity contribution in [1.29, 1.82) is 5.26 Å². The molecule has 0 aromatic rings. The van der Waals surface area contributed by atoms with Crippen LogP contribution in [0.25, 0.3) is 0 Å². The van der Waals surface area contributed by atoms with Gasteiger partial charge in [0.25, 0.3) is 0 Å². The van der Waals surface area contributed by atoms with Gasteiger partial charge < -0.3 is 9.84 Å². The molecule has 2 rings (SSSR count). The molecule has 3 nitrogen and oxygen atoms in total. The van der Waals surface area contributed by atoms with E-state index >= 15 is 0 Å². The molecule has 3 heteroatoms. The van der Waals surface area contributed by atoms with E-state index in [1.54, 1.807) is 0 Å². The number of hydrogen-bond acceptors (Lipinski definition) is 3. The lowest BCUT2D eigenvalue weighted by atomic mass is 9.53. The highest BCUT2D eigenvalue weighted by atomic mass is 16.5. The molecular formula is C14H23NO2. The fourth-order valence-corrected chi connectivity index (χ4v) is 3.68. The third kappa shape index (κ3) is 1.78. The lowest BCUT2D eigenvalue weighted by Crippen LogP contribution is -2.61. The summed E-state index contributed by atoms with van der Waals surface area (Å²) >= 11 is 0. The summed E-state index contributed by atoms with van der Waals surface area (Å²) in [6.45, 7) is 5.31. The van der Waals surface area contributed by atoms with Crippen LogP contribution >= 0.6 is 0 Å². The molecule has 2 fully saturated rings. The summed E-state index contributed by atoms with van der Waals surface area (Å²) in [4.78, 5) is 0. The van der Waals surface area contributed by atoms with Gasteiger partial charge in [0.1, 0.15) is 5.41 Å². The molecule has 0 spiro atoms. The van der Waals surface area contributed by atoms with E-state index in [0.29, 0.717) is 6.61 Å². The molecule has 0 radical (unpaired) electrons. The van der Waals surface area contributed by atoms with Crippen LogP contribution in [0.3, 0.4) is 0 Å². The smallest absolute Gasteiger partial charge is 0.110 e. The highest BCUT2D eigenvalue weighted by Crippen LogP contribution is 2.55. The first kappa shape index (κ1) is 12.9. The maximum atomic E-state index is 11.2. The average Bonchev–Trinajstić information content (AvgIpc) is 2.33. The third-order valence-electron chi connectivity index (χ3n) is 4.96. The Morgan fingerprint density at radius 1 is 1.12 bits per heavy atom. The zero-order valence-corrected chi connectivity index (χ0v) is 11.0. The van der Waals surface area contributed by atoms with E-state index in [1.165, 1.54) is 0 Å². The topological polar surface area (TPSA) is 53.2 Å². The van der Waals surface area contributed by atoms with Gasteiger partial charge in [-0.2, -0.15) is 5.26 Å². The summed E-state index contributed by atoms with van der Waals surface area (Å²) in [5.41, 5.74) is -1.79. The Kier molecular flexibility index (Phi) is 3.22. The van der Waals surface area contributed by atoms with Crippen LogP contribution in [0.5, 0.6) is 0 Å². The maximum Gasteiger partial charge on any atom is 0.110 e. The Hall–Kier alpha value is -0.590. The van der Waals surface area contributed by atoms with Crippen LogP contribution in [0.1, 0.15) is 52.4 Å². The molecule has 2 aliphatic rings. The highest BCUT2D eigenvalue weighted by molar-refractivity contribution is 5.18. The van der Waals surface area contributed by atoms with Crippen molar-refractivity contribution in [2.45, 2.75) is 58.0 Å². The van der Waals surface area contributed by atoms with Crippen LogP contribution in [0.4, 0.5) is 0 Å². The summed E-state index contributed by atoms with van der Waals surface area (Å²) < 4.78 is 5.51. The van der Waals surface area contributed by atoms with Crippen LogP contribution in [0, 0.1) is 22.2 Å².